The summed E-state index contributed by atoms with van der Waals surface area (Å²) in [6.07, 6.45) is 1.58. The van der Waals surface area contributed by atoms with E-state index >= 15 is 0 Å². The van der Waals surface area contributed by atoms with E-state index in [-0.39, 0.29) is 16.3 Å². The Bertz CT molecular complexity index is 1120. The van der Waals surface area contributed by atoms with E-state index < -0.39 is 22.0 Å². The maximum absolute atomic E-state index is 13.1. The molecule has 0 spiro atoms. The molecule has 1 aromatic heterocycles. The number of aromatic nitrogens is 2. The van der Waals surface area contributed by atoms with Gasteiger partial charge in [0, 0.05) is 17.3 Å². The van der Waals surface area contributed by atoms with Crippen molar-refractivity contribution < 1.29 is 22.3 Å². The fourth-order valence-electron chi connectivity index (χ4n) is 2.94. The molecular weight excluding hydrogens is 397 g/mol. The summed E-state index contributed by atoms with van der Waals surface area (Å²) in [7, 11) is -2.57. The Kier molecular flexibility index (Phi) is 5.81. The van der Waals surface area contributed by atoms with Crippen molar-refractivity contribution >= 4 is 16.0 Å². The van der Waals surface area contributed by atoms with Gasteiger partial charge in [-0.2, -0.15) is 5.10 Å². The summed E-state index contributed by atoms with van der Waals surface area (Å²) < 4.78 is 47.4. The highest BCUT2D eigenvalue weighted by Gasteiger charge is 2.22. The molecule has 3 rings (SSSR count). The van der Waals surface area contributed by atoms with Crippen LogP contribution in [0.5, 0.6) is 0 Å². The van der Waals surface area contributed by atoms with E-state index in [1.807, 2.05) is 6.92 Å². The largest absolute Gasteiger partial charge is 0.465 e. The highest BCUT2D eigenvalue weighted by molar-refractivity contribution is 7.89. The summed E-state index contributed by atoms with van der Waals surface area (Å²) in [5, 5.41) is 4.29. The number of hydrogen-bond acceptors (Lipinski definition) is 5. The van der Waals surface area contributed by atoms with Gasteiger partial charge >= 0.3 is 5.97 Å². The molecule has 9 heteroatoms. The van der Waals surface area contributed by atoms with E-state index in [1.165, 1.54) is 43.5 Å². The molecule has 1 atom stereocenters. The first-order valence-electron chi connectivity index (χ1n) is 8.74. The molecule has 0 aliphatic heterocycles. The van der Waals surface area contributed by atoms with E-state index in [0.29, 0.717) is 11.3 Å². The Hall–Kier alpha value is -3.04. The second kappa shape index (κ2) is 8.14. The number of sulfonamides is 1. The molecule has 0 radical (unpaired) electrons. The standard InChI is InChI=1S/C20H20FN3O4S/c1-13(19-12-22-24(14(19)2)17-8-6-16(21)7-9-17)23-29(26,27)18-10-4-15(5-11-18)20(25)28-3/h4-13,23H,1-3H3/t13-/m0/s1. The first kappa shape index (κ1) is 20.7. The molecular formula is C20H20FN3O4S. The lowest BCUT2D eigenvalue weighted by Crippen LogP contribution is -2.27. The van der Waals surface area contributed by atoms with Gasteiger partial charge in [-0.1, -0.05) is 0 Å². The molecule has 0 amide bonds. The molecule has 152 valence electrons. The number of ether oxygens (including phenoxy) is 1. The Balaban J connectivity index is 1.81. The van der Waals surface area contributed by atoms with Crippen molar-refractivity contribution in [1.29, 1.82) is 0 Å². The van der Waals surface area contributed by atoms with Gasteiger partial charge in [0.05, 0.1) is 29.5 Å². The topological polar surface area (TPSA) is 90.3 Å². The summed E-state index contributed by atoms with van der Waals surface area (Å²) in [6, 6.07) is 10.8. The Morgan fingerprint density at radius 2 is 1.76 bits per heavy atom. The smallest absolute Gasteiger partial charge is 0.337 e. The first-order chi connectivity index (χ1) is 13.7. The van der Waals surface area contributed by atoms with Crippen LogP contribution in [0.25, 0.3) is 5.69 Å². The van der Waals surface area contributed by atoms with Gasteiger partial charge in [0.2, 0.25) is 10.0 Å². The minimum Gasteiger partial charge on any atom is -0.465 e. The minimum absolute atomic E-state index is 0.0283. The third kappa shape index (κ3) is 4.36. The SMILES string of the molecule is COC(=O)c1ccc(S(=O)(=O)N[C@@H](C)c2cnn(-c3ccc(F)cc3)c2C)cc1. The van der Waals surface area contributed by atoms with Gasteiger partial charge in [0.1, 0.15) is 5.82 Å². The summed E-state index contributed by atoms with van der Waals surface area (Å²) >= 11 is 0. The molecule has 0 aliphatic carbocycles. The number of halogens is 1. The predicted octanol–water partition coefficient (Wildman–Crippen LogP) is 3.15. The molecule has 0 unspecified atom stereocenters. The quantitative estimate of drug-likeness (QED) is 0.623. The number of esters is 1. The van der Waals surface area contributed by atoms with E-state index in [1.54, 1.807) is 29.9 Å². The molecule has 29 heavy (non-hydrogen) atoms. The Labute approximate surface area is 168 Å². The lowest BCUT2D eigenvalue weighted by molar-refractivity contribution is 0.0600. The second-order valence-corrected chi connectivity index (χ2v) is 8.15. The molecule has 1 N–H and O–H groups in total. The van der Waals surface area contributed by atoms with Gasteiger partial charge in [0.25, 0.3) is 0 Å². The lowest BCUT2D eigenvalue weighted by atomic mass is 10.1. The number of hydrogen-bond donors (Lipinski definition) is 1. The fraction of sp³-hybridized carbons (Fsp3) is 0.200. The molecule has 1 heterocycles. The zero-order valence-electron chi connectivity index (χ0n) is 16.1. The van der Waals surface area contributed by atoms with Crippen LogP contribution in [-0.4, -0.2) is 31.3 Å². The average molecular weight is 417 g/mol. The first-order valence-corrected chi connectivity index (χ1v) is 10.2. The zero-order chi connectivity index (χ0) is 21.2. The molecule has 0 aliphatic rings. The van der Waals surface area contributed by atoms with Crippen LogP contribution >= 0.6 is 0 Å². The van der Waals surface area contributed by atoms with Gasteiger partial charge in [-0.3, -0.25) is 0 Å². The number of rotatable bonds is 6. The number of nitrogens with zero attached hydrogens (tertiary/aromatic N) is 2. The summed E-state index contributed by atoms with van der Waals surface area (Å²) in [6.45, 7) is 3.51. The fourth-order valence-corrected chi connectivity index (χ4v) is 4.17. The highest BCUT2D eigenvalue weighted by atomic mass is 32.2. The van der Waals surface area contributed by atoms with Crippen molar-refractivity contribution in [3.05, 3.63) is 77.4 Å². The van der Waals surface area contributed by atoms with Crippen LogP contribution in [0, 0.1) is 12.7 Å². The van der Waals surface area contributed by atoms with Crippen molar-refractivity contribution in [1.82, 2.24) is 14.5 Å². The minimum atomic E-state index is -3.82. The predicted molar refractivity (Wildman–Crippen MR) is 105 cm³/mol. The van der Waals surface area contributed by atoms with Crippen molar-refractivity contribution in [2.75, 3.05) is 7.11 Å². The maximum atomic E-state index is 13.1. The molecule has 0 saturated carbocycles. The van der Waals surface area contributed by atoms with Crippen molar-refractivity contribution in [3.63, 3.8) is 0 Å². The van der Waals surface area contributed by atoms with Crippen molar-refractivity contribution in [2.45, 2.75) is 24.8 Å². The van der Waals surface area contributed by atoms with Gasteiger partial charge in [-0.05, 0) is 62.4 Å². The second-order valence-electron chi connectivity index (χ2n) is 6.43. The molecule has 2 aromatic carbocycles. The third-order valence-electron chi connectivity index (χ3n) is 4.50. The van der Waals surface area contributed by atoms with Crippen LogP contribution in [0.15, 0.2) is 59.6 Å². The van der Waals surface area contributed by atoms with Crippen LogP contribution in [0.2, 0.25) is 0 Å². The van der Waals surface area contributed by atoms with E-state index in [9.17, 15) is 17.6 Å². The normalized spacial score (nSPS) is 12.6. The maximum Gasteiger partial charge on any atom is 0.337 e. The Morgan fingerprint density at radius 1 is 1.14 bits per heavy atom. The highest BCUT2D eigenvalue weighted by Crippen LogP contribution is 2.22. The van der Waals surface area contributed by atoms with E-state index in [2.05, 4.69) is 14.6 Å². The number of carbonyl (C=O) groups excluding carboxylic acids is 1. The average Bonchev–Trinajstić information content (AvgIpc) is 3.09. The van der Waals surface area contributed by atoms with Crippen LogP contribution in [-0.2, 0) is 14.8 Å². The van der Waals surface area contributed by atoms with Crippen LogP contribution < -0.4 is 4.72 Å². The monoisotopic (exact) mass is 417 g/mol. The molecule has 0 saturated heterocycles. The number of benzene rings is 2. The third-order valence-corrected chi connectivity index (χ3v) is 6.06. The summed E-state index contributed by atoms with van der Waals surface area (Å²) in [5.41, 5.74) is 2.34. The van der Waals surface area contributed by atoms with Crippen molar-refractivity contribution in [3.8, 4) is 5.69 Å². The number of carbonyl (C=O) groups is 1. The number of nitrogens with one attached hydrogen (secondary N) is 1. The molecule has 0 bridgehead atoms. The molecule has 7 nitrogen and oxygen atoms in total. The van der Waals surface area contributed by atoms with Gasteiger partial charge in [0.15, 0.2) is 0 Å². The molecule has 0 fully saturated rings. The zero-order valence-corrected chi connectivity index (χ0v) is 16.9. The van der Waals surface area contributed by atoms with Crippen molar-refractivity contribution in [2.24, 2.45) is 0 Å². The lowest BCUT2D eigenvalue weighted by Gasteiger charge is -2.15. The number of methoxy groups -OCH3 is 1. The molecule has 3 aromatic rings. The van der Waals surface area contributed by atoms with Crippen LogP contribution in [0.3, 0.4) is 0 Å². The van der Waals surface area contributed by atoms with Gasteiger partial charge in [-0.25, -0.2) is 27.0 Å². The summed E-state index contributed by atoms with van der Waals surface area (Å²) in [5.74, 6) is -0.891. The van der Waals surface area contributed by atoms with E-state index in [4.69, 9.17) is 0 Å². The van der Waals surface area contributed by atoms with Gasteiger partial charge < -0.3 is 4.74 Å². The summed E-state index contributed by atoms with van der Waals surface area (Å²) in [4.78, 5) is 11.5. The Morgan fingerprint density at radius 3 is 2.34 bits per heavy atom. The van der Waals surface area contributed by atoms with Crippen LogP contribution in [0.1, 0.15) is 34.6 Å². The van der Waals surface area contributed by atoms with E-state index in [0.717, 1.165) is 5.69 Å². The van der Waals surface area contributed by atoms with Crippen LogP contribution in [0.4, 0.5) is 4.39 Å². The van der Waals surface area contributed by atoms with Gasteiger partial charge in [-0.15, -0.1) is 0 Å².